The van der Waals surface area contributed by atoms with Crippen LogP contribution in [0.25, 0.3) is 11.1 Å². The average Bonchev–Trinajstić information content (AvgIpc) is 3.37. The Morgan fingerprint density at radius 2 is 1.34 bits per heavy atom. The van der Waals surface area contributed by atoms with Crippen LogP contribution in [-0.2, 0) is 15.3 Å². The van der Waals surface area contributed by atoms with E-state index in [1.54, 1.807) is 24.3 Å². The molecule has 1 amide bonds. The van der Waals surface area contributed by atoms with Crippen molar-refractivity contribution in [2.45, 2.75) is 17.7 Å². The number of thioether (sulfide) groups is 1. The van der Waals surface area contributed by atoms with Gasteiger partial charge in [-0.3, -0.25) is 0 Å². The number of methoxy groups -OCH3 is 1. The number of halogens is 5. The van der Waals surface area contributed by atoms with Crippen LogP contribution >= 0.6 is 11.8 Å². The van der Waals surface area contributed by atoms with Crippen LogP contribution in [0, 0.1) is 29.1 Å². The van der Waals surface area contributed by atoms with E-state index in [0.29, 0.717) is 11.5 Å². The van der Waals surface area contributed by atoms with E-state index < -0.39 is 52.9 Å². The largest absolute Gasteiger partial charge is 0.497 e. The molecule has 4 aromatic carbocycles. The Balaban J connectivity index is 1.30. The summed E-state index contributed by atoms with van der Waals surface area (Å²) >= 11 is 1.14. The lowest BCUT2D eigenvalue weighted by molar-refractivity contribution is -0.136. The molecule has 1 atom stereocenters. The highest BCUT2D eigenvalue weighted by atomic mass is 32.2. The van der Waals surface area contributed by atoms with Gasteiger partial charge in [0, 0.05) is 17.4 Å². The Bertz CT molecular complexity index is 1630. The van der Waals surface area contributed by atoms with Crippen molar-refractivity contribution < 1.29 is 45.8 Å². The summed E-state index contributed by atoms with van der Waals surface area (Å²) in [6.07, 6.45) is -1.05. The second-order valence-corrected chi connectivity index (χ2v) is 10.7. The van der Waals surface area contributed by atoms with E-state index in [4.69, 9.17) is 9.47 Å². The Morgan fingerprint density at radius 1 is 0.795 bits per heavy atom. The van der Waals surface area contributed by atoms with Gasteiger partial charge in [0.2, 0.25) is 34.8 Å². The van der Waals surface area contributed by atoms with Gasteiger partial charge in [-0.2, -0.15) is 20.5 Å². The number of rotatable bonds is 10. The summed E-state index contributed by atoms with van der Waals surface area (Å²) in [5, 5.41) is 2.31. The summed E-state index contributed by atoms with van der Waals surface area (Å²) in [4.78, 5) is 25.9. The molecule has 1 N–H and O–H groups in total. The van der Waals surface area contributed by atoms with E-state index in [2.05, 4.69) is 10.1 Å². The average molecular weight is 630 g/mol. The molecule has 0 bridgehead atoms. The summed E-state index contributed by atoms with van der Waals surface area (Å²) in [7, 11) is 1.51. The number of carbonyl (C=O) groups is 2. The molecule has 4 aromatic rings. The van der Waals surface area contributed by atoms with Crippen molar-refractivity contribution in [1.82, 2.24) is 5.32 Å². The van der Waals surface area contributed by atoms with Gasteiger partial charge in [-0.25, -0.2) is 22.8 Å². The molecule has 0 aliphatic heterocycles. The van der Waals surface area contributed by atoms with Gasteiger partial charge in [0.1, 0.15) is 18.4 Å². The number of alkyl carbamates (subject to hydrolysis) is 1. The predicted molar refractivity (Wildman–Crippen MR) is 153 cm³/mol. The van der Waals surface area contributed by atoms with Gasteiger partial charge in [-0.15, -0.1) is 0 Å². The monoisotopic (exact) mass is 629 g/mol. The molecule has 1 aliphatic carbocycles. The maximum atomic E-state index is 14.2. The first-order valence-electron chi connectivity index (χ1n) is 13.2. The third-order valence-corrected chi connectivity index (χ3v) is 8.11. The number of carbonyl (C=O) groups excluding carboxylic acids is 2. The van der Waals surface area contributed by atoms with Crippen LogP contribution < -0.4 is 14.8 Å². The molecule has 0 saturated heterocycles. The topological polar surface area (TPSA) is 73.9 Å². The Morgan fingerprint density at radius 3 is 1.91 bits per heavy atom. The van der Waals surface area contributed by atoms with Crippen LogP contribution in [0.5, 0.6) is 11.5 Å². The third-order valence-electron chi connectivity index (χ3n) is 7.00. The Labute approximate surface area is 253 Å². The molecular weight excluding hydrogens is 605 g/mol. The summed E-state index contributed by atoms with van der Waals surface area (Å²) in [6, 6.07) is 20.7. The first kappa shape index (κ1) is 30.9. The van der Waals surface area contributed by atoms with Gasteiger partial charge in [-0.05, 0) is 39.9 Å². The second kappa shape index (κ2) is 13.4. The highest BCUT2D eigenvalue weighted by Crippen LogP contribution is 2.44. The third kappa shape index (κ3) is 6.35. The zero-order chi connectivity index (χ0) is 31.4. The van der Waals surface area contributed by atoms with Gasteiger partial charge in [0.15, 0.2) is 0 Å². The molecule has 0 saturated carbocycles. The van der Waals surface area contributed by atoms with Crippen molar-refractivity contribution in [3.63, 3.8) is 0 Å². The zero-order valence-corrected chi connectivity index (χ0v) is 23.9. The zero-order valence-electron chi connectivity index (χ0n) is 23.0. The normalized spacial score (nSPS) is 12.7. The fraction of sp³-hybridized carbons (Fsp3) is 0.188. The molecule has 0 radical (unpaired) electrons. The van der Waals surface area contributed by atoms with Gasteiger partial charge >= 0.3 is 12.1 Å². The van der Waals surface area contributed by atoms with Crippen LogP contribution in [0.2, 0.25) is 0 Å². The molecular formula is C32H24F5NO5S. The van der Waals surface area contributed by atoms with Gasteiger partial charge in [0.25, 0.3) is 0 Å². The van der Waals surface area contributed by atoms with Gasteiger partial charge in [0.05, 0.1) is 7.11 Å². The van der Waals surface area contributed by atoms with Gasteiger partial charge in [-0.1, -0.05) is 60.7 Å². The van der Waals surface area contributed by atoms with Crippen molar-refractivity contribution in [2.24, 2.45) is 0 Å². The first-order chi connectivity index (χ1) is 21.2. The number of esters is 1. The molecule has 0 spiro atoms. The van der Waals surface area contributed by atoms with E-state index in [-0.39, 0.29) is 18.3 Å². The Kier molecular flexibility index (Phi) is 9.38. The number of benzene rings is 4. The van der Waals surface area contributed by atoms with Crippen LogP contribution in [-0.4, -0.2) is 37.6 Å². The SMILES string of the molecule is COc1ccc(CSCC(NC(=O)OCC2c3ccccc3-c3ccccc32)C(=O)Oc2c(F)c(F)c(F)c(F)c2F)cc1. The molecule has 228 valence electrons. The fourth-order valence-corrected chi connectivity index (χ4v) is 5.81. The molecule has 0 fully saturated rings. The molecule has 1 aliphatic rings. The van der Waals surface area contributed by atoms with Crippen molar-refractivity contribution in [3.05, 3.63) is 119 Å². The predicted octanol–water partition coefficient (Wildman–Crippen LogP) is 7.14. The lowest BCUT2D eigenvalue weighted by Gasteiger charge is -2.19. The number of nitrogens with one attached hydrogen (secondary N) is 1. The van der Waals surface area contributed by atoms with E-state index in [1.165, 1.54) is 7.11 Å². The lowest BCUT2D eigenvalue weighted by Crippen LogP contribution is -2.45. The molecule has 5 rings (SSSR count). The highest BCUT2D eigenvalue weighted by Gasteiger charge is 2.33. The number of amides is 1. The maximum Gasteiger partial charge on any atom is 0.407 e. The first-order valence-corrected chi connectivity index (χ1v) is 14.4. The smallest absolute Gasteiger partial charge is 0.407 e. The van der Waals surface area contributed by atoms with Crippen LogP contribution in [0.3, 0.4) is 0 Å². The molecule has 44 heavy (non-hydrogen) atoms. The van der Waals surface area contributed by atoms with Crippen LogP contribution in [0.1, 0.15) is 22.6 Å². The number of hydrogen-bond acceptors (Lipinski definition) is 6. The van der Waals surface area contributed by atoms with E-state index in [9.17, 15) is 31.5 Å². The molecule has 0 aromatic heterocycles. The van der Waals surface area contributed by atoms with E-state index in [0.717, 1.165) is 39.6 Å². The molecule has 6 nitrogen and oxygen atoms in total. The number of fused-ring (bicyclic) bond motifs is 3. The number of ether oxygens (including phenoxy) is 3. The minimum atomic E-state index is -2.40. The molecule has 12 heteroatoms. The molecule has 0 heterocycles. The molecule has 1 unspecified atom stereocenters. The fourth-order valence-electron chi connectivity index (χ4n) is 4.81. The van der Waals surface area contributed by atoms with Gasteiger partial charge < -0.3 is 19.5 Å². The summed E-state index contributed by atoms with van der Waals surface area (Å²) in [6.45, 7) is -0.0989. The highest BCUT2D eigenvalue weighted by molar-refractivity contribution is 7.98. The van der Waals surface area contributed by atoms with Crippen LogP contribution in [0.4, 0.5) is 26.7 Å². The van der Waals surface area contributed by atoms with E-state index in [1.807, 2.05) is 48.5 Å². The number of hydrogen-bond donors (Lipinski definition) is 1. The van der Waals surface area contributed by atoms with Crippen molar-refractivity contribution >= 4 is 23.8 Å². The quantitative estimate of drug-likeness (QED) is 0.0662. The van der Waals surface area contributed by atoms with Crippen molar-refractivity contribution in [1.29, 1.82) is 0 Å². The minimum Gasteiger partial charge on any atom is -0.497 e. The van der Waals surface area contributed by atoms with Crippen LogP contribution in [0.15, 0.2) is 72.8 Å². The minimum absolute atomic E-state index is 0.0989. The Hall–Kier alpha value is -4.58. The summed E-state index contributed by atoms with van der Waals surface area (Å²) in [5.74, 6) is -14.3. The standard InChI is InChI=1S/C32H24F5NO5S/c1-41-18-12-10-17(11-13-18)15-44-16-24(31(39)43-30-28(36)26(34)25(33)27(35)29(30)37)38-32(40)42-14-23-21-8-4-2-6-19(21)20-7-3-5-9-22(20)23/h2-13,23-24H,14-16H2,1H3,(H,38,40). The van der Waals surface area contributed by atoms with Crippen molar-refractivity contribution in [2.75, 3.05) is 19.5 Å². The van der Waals surface area contributed by atoms with E-state index >= 15 is 0 Å². The summed E-state index contributed by atoms with van der Waals surface area (Å²) < 4.78 is 84.6. The van der Waals surface area contributed by atoms with Crippen molar-refractivity contribution in [3.8, 4) is 22.6 Å². The maximum absolute atomic E-state index is 14.2. The second-order valence-electron chi connectivity index (χ2n) is 9.71. The lowest BCUT2D eigenvalue weighted by atomic mass is 9.98. The summed E-state index contributed by atoms with van der Waals surface area (Å²) in [5.41, 5.74) is 4.70.